The van der Waals surface area contributed by atoms with Crippen molar-refractivity contribution in [3.8, 4) is 0 Å². The van der Waals surface area contributed by atoms with Crippen LogP contribution < -0.4 is 5.73 Å². The highest BCUT2D eigenvalue weighted by molar-refractivity contribution is 5.90. The molecule has 16 heavy (non-hydrogen) atoms. The zero-order chi connectivity index (χ0) is 12.0. The maximum atomic E-state index is 11.9. The lowest BCUT2D eigenvalue weighted by atomic mass is 10.4. The number of amides is 1. The molecule has 0 saturated heterocycles. The van der Waals surface area contributed by atoms with Gasteiger partial charge in [-0.05, 0) is 13.8 Å². The Morgan fingerprint density at radius 3 is 2.81 bits per heavy atom. The predicted molar refractivity (Wildman–Crippen MR) is 58.9 cm³/mol. The van der Waals surface area contributed by atoms with Crippen molar-refractivity contribution in [3.05, 3.63) is 5.82 Å². The van der Waals surface area contributed by atoms with Gasteiger partial charge in [0.2, 0.25) is 11.8 Å². The number of ether oxygens (including phenoxy) is 1. The molecule has 90 valence electrons. The molecule has 0 aliphatic heterocycles. The van der Waals surface area contributed by atoms with Crippen molar-refractivity contribution in [3.63, 3.8) is 0 Å². The van der Waals surface area contributed by atoms with Crippen LogP contribution in [0.2, 0.25) is 0 Å². The van der Waals surface area contributed by atoms with Crippen LogP contribution in [0.1, 0.15) is 24.5 Å². The lowest BCUT2D eigenvalue weighted by molar-refractivity contribution is 0.0658. The highest BCUT2D eigenvalue weighted by atomic mass is 16.5. The maximum absolute atomic E-state index is 11.9. The molecule has 1 aromatic rings. The highest BCUT2D eigenvalue weighted by Crippen LogP contribution is 2.00. The summed E-state index contributed by atoms with van der Waals surface area (Å²) >= 11 is 0. The first-order chi connectivity index (χ1) is 7.69. The van der Waals surface area contributed by atoms with Gasteiger partial charge in [0.1, 0.15) is 0 Å². The van der Waals surface area contributed by atoms with Crippen LogP contribution in [0.15, 0.2) is 0 Å². The van der Waals surface area contributed by atoms with Crippen molar-refractivity contribution in [2.75, 3.05) is 32.0 Å². The summed E-state index contributed by atoms with van der Waals surface area (Å²) in [5, 5.41) is 6.11. The van der Waals surface area contributed by atoms with E-state index in [1.807, 2.05) is 13.8 Å². The molecule has 0 atom stereocenters. The number of rotatable bonds is 6. The van der Waals surface area contributed by atoms with Crippen LogP contribution in [0.25, 0.3) is 0 Å². The molecule has 1 rings (SSSR count). The van der Waals surface area contributed by atoms with E-state index in [4.69, 9.17) is 10.5 Å². The Morgan fingerprint density at radius 2 is 2.31 bits per heavy atom. The monoisotopic (exact) mass is 227 g/mol. The summed E-state index contributed by atoms with van der Waals surface area (Å²) in [7, 11) is 0. The topological polar surface area (TPSA) is 97.1 Å². The van der Waals surface area contributed by atoms with Gasteiger partial charge in [0.25, 0.3) is 5.91 Å². The number of aromatic nitrogens is 3. The van der Waals surface area contributed by atoms with Crippen molar-refractivity contribution < 1.29 is 9.53 Å². The third-order valence-electron chi connectivity index (χ3n) is 2.08. The number of carbonyl (C=O) groups is 1. The first kappa shape index (κ1) is 12.4. The summed E-state index contributed by atoms with van der Waals surface area (Å²) in [6.45, 7) is 6.08. The van der Waals surface area contributed by atoms with Gasteiger partial charge in [-0.2, -0.15) is 4.98 Å². The number of likely N-dealkylation sites (N-methyl/N-ethyl adjacent to an activating group) is 1. The lowest BCUT2D eigenvalue weighted by Crippen LogP contribution is -2.34. The normalized spacial score (nSPS) is 10.4. The summed E-state index contributed by atoms with van der Waals surface area (Å²) in [6, 6.07) is 0. The van der Waals surface area contributed by atoms with E-state index < -0.39 is 0 Å². The molecule has 0 spiro atoms. The molecule has 0 radical (unpaired) electrons. The van der Waals surface area contributed by atoms with Crippen molar-refractivity contribution in [1.29, 1.82) is 0 Å². The summed E-state index contributed by atoms with van der Waals surface area (Å²) in [4.78, 5) is 17.3. The van der Waals surface area contributed by atoms with Crippen LogP contribution >= 0.6 is 0 Å². The fourth-order valence-corrected chi connectivity index (χ4v) is 1.24. The van der Waals surface area contributed by atoms with Gasteiger partial charge in [0.15, 0.2) is 0 Å². The number of hydrogen-bond acceptors (Lipinski definition) is 5. The third kappa shape index (κ3) is 3.20. The van der Waals surface area contributed by atoms with E-state index in [2.05, 4.69) is 15.2 Å². The van der Waals surface area contributed by atoms with Gasteiger partial charge in [0, 0.05) is 19.7 Å². The summed E-state index contributed by atoms with van der Waals surface area (Å²) in [6.07, 6.45) is 0. The fraction of sp³-hybridized carbons (Fsp3) is 0.667. The third-order valence-corrected chi connectivity index (χ3v) is 2.08. The Balaban J connectivity index is 2.55. The molecule has 1 amide bonds. The number of carbonyl (C=O) groups excluding carboxylic acids is 1. The molecular formula is C9H17N5O2. The molecule has 0 aliphatic carbocycles. The summed E-state index contributed by atoms with van der Waals surface area (Å²) < 4.78 is 5.19. The van der Waals surface area contributed by atoms with E-state index in [1.54, 1.807) is 4.90 Å². The zero-order valence-corrected chi connectivity index (χ0v) is 9.56. The number of nitrogens with one attached hydrogen (secondary N) is 1. The second-order valence-corrected chi connectivity index (χ2v) is 3.12. The quantitative estimate of drug-likeness (QED) is 0.661. The van der Waals surface area contributed by atoms with Gasteiger partial charge in [-0.15, -0.1) is 5.10 Å². The molecule has 1 aromatic heterocycles. The summed E-state index contributed by atoms with van der Waals surface area (Å²) in [5.74, 6) is 0.0199. The molecule has 0 aromatic carbocycles. The van der Waals surface area contributed by atoms with Crippen LogP contribution in [0, 0.1) is 0 Å². The van der Waals surface area contributed by atoms with Gasteiger partial charge < -0.3 is 15.4 Å². The Morgan fingerprint density at radius 1 is 1.56 bits per heavy atom. The van der Waals surface area contributed by atoms with Crippen molar-refractivity contribution >= 4 is 11.9 Å². The lowest BCUT2D eigenvalue weighted by Gasteiger charge is -2.18. The first-order valence-electron chi connectivity index (χ1n) is 5.23. The smallest absolute Gasteiger partial charge is 0.291 e. The Labute approximate surface area is 94.0 Å². The SMILES string of the molecule is CCOCCN(CC)C(=O)c1nc(N)n[nH]1. The average Bonchev–Trinajstić information content (AvgIpc) is 2.70. The molecule has 1 heterocycles. The summed E-state index contributed by atoms with van der Waals surface area (Å²) in [5.41, 5.74) is 5.33. The molecule has 0 bridgehead atoms. The highest BCUT2D eigenvalue weighted by Gasteiger charge is 2.17. The molecule has 0 unspecified atom stereocenters. The first-order valence-corrected chi connectivity index (χ1v) is 5.23. The van der Waals surface area contributed by atoms with Crippen LogP contribution in [-0.2, 0) is 4.74 Å². The number of hydrogen-bond donors (Lipinski definition) is 2. The molecule has 7 heteroatoms. The minimum Gasteiger partial charge on any atom is -0.380 e. The van der Waals surface area contributed by atoms with Crippen LogP contribution in [0.3, 0.4) is 0 Å². The van der Waals surface area contributed by atoms with Gasteiger partial charge in [-0.3, -0.25) is 9.89 Å². The Kier molecular flexibility index (Phi) is 4.71. The molecule has 0 aliphatic rings. The minimum absolute atomic E-state index is 0.0733. The van der Waals surface area contributed by atoms with Gasteiger partial charge in [-0.25, -0.2) is 0 Å². The molecule has 0 saturated carbocycles. The van der Waals surface area contributed by atoms with Gasteiger partial charge >= 0.3 is 0 Å². The van der Waals surface area contributed by atoms with E-state index >= 15 is 0 Å². The van der Waals surface area contributed by atoms with Gasteiger partial charge in [-0.1, -0.05) is 0 Å². The fourth-order valence-electron chi connectivity index (χ4n) is 1.24. The molecule has 3 N–H and O–H groups in total. The number of aromatic amines is 1. The number of nitrogens with zero attached hydrogens (tertiary/aromatic N) is 3. The second kappa shape index (κ2) is 6.06. The molecule has 0 fully saturated rings. The largest absolute Gasteiger partial charge is 0.380 e. The zero-order valence-electron chi connectivity index (χ0n) is 9.56. The predicted octanol–water partition coefficient (Wildman–Crippen LogP) is -0.114. The van der Waals surface area contributed by atoms with E-state index in [0.29, 0.717) is 26.3 Å². The number of nitrogen functional groups attached to an aromatic ring is 1. The van der Waals surface area contributed by atoms with E-state index in [9.17, 15) is 4.79 Å². The van der Waals surface area contributed by atoms with Crippen LogP contribution in [0.5, 0.6) is 0 Å². The van der Waals surface area contributed by atoms with Crippen molar-refractivity contribution in [2.45, 2.75) is 13.8 Å². The van der Waals surface area contributed by atoms with E-state index in [1.165, 1.54) is 0 Å². The van der Waals surface area contributed by atoms with Gasteiger partial charge in [0.05, 0.1) is 6.61 Å². The Bertz CT molecular complexity index is 338. The average molecular weight is 227 g/mol. The Hall–Kier alpha value is -1.63. The number of nitrogens with two attached hydrogens (primary N) is 1. The van der Waals surface area contributed by atoms with Crippen molar-refractivity contribution in [1.82, 2.24) is 20.1 Å². The van der Waals surface area contributed by atoms with Crippen molar-refractivity contribution in [2.24, 2.45) is 0 Å². The standard InChI is InChI=1S/C9H17N5O2/c1-3-14(5-6-16-4-2)8(15)7-11-9(10)13-12-7/h3-6H2,1-2H3,(H3,10,11,12,13). The molecule has 7 nitrogen and oxygen atoms in total. The van der Waals surface area contributed by atoms with E-state index in [0.717, 1.165) is 0 Å². The van der Waals surface area contributed by atoms with E-state index in [-0.39, 0.29) is 17.7 Å². The number of H-pyrrole nitrogens is 1. The minimum atomic E-state index is -0.216. The maximum Gasteiger partial charge on any atom is 0.291 e. The molecular weight excluding hydrogens is 210 g/mol. The van der Waals surface area contributed by atoms with Crippen LogP contribution in [-0.4, -0.2) is 52.3 Å². The number of anilines is 1. The second-order valence-electron chi connectivity index (χ2n) is 3.12. The van der Waals surface area contributed by atoms with Crippen LogP contribution in [0.4, 0.5) is 5.95 Å².